The molecule has 0 aliphatic heterocycles. The zero-order valence-electron chi connectivity index (χ0n) is 13.2. The molecule has 1 aliphatic carbocycles. The largest absolute Gasteiger partial charge is 0.383 e. The summed E-state index contributed by atoms with van der Waals surface area (Å²) < 4.78 is 6.25. The number of hydrogen-bond acceptors (Lipinski definition) is 4. The predicted molar refractivity (Wildman–Crippen MR) is 87.4 cm³/mol. The third-order valence-electron chi connectivity index (χ3n) is 4.46. The van der Waals surface area contributed by atoms with E-state index in [4.69, 9.17) is 22.1 Å². The maximum absolute atomic E-state index is 6.25. The number of nitrogens with one attached hydrogen (secondary N) is 1. The van der Waals surface area contributed by atoms with Crippen LogP contribution in [0.5, 0.6) is 0 Å². The number of rotatable bonds is 5. The Morgan fingerprint density at radius 1 is 1.62 bits per heavy atom. The van der Waals surface area contributed by atoms with Gasteiger partial charge in [-0.3, -0.25) is 0 Å². The van der Waals surface area contributed by atoms with Gasteiger partial charge in [-0.15, -0.1) is 0 Å². The van der Waals surface area contributed by atoms with Gasteiger partial charge in [0.2, 0.25) is 0 Å². The lowest BCUT2D eigenvalue weighted by Gasteiger charge is -2.45. The molecule has 3 unspecified atom stereocenters. The molecule has 5 heteroatoms. The van der Waals surface area contributed by atoms with Crippen LogP contribution in [-0.4, -0.2) is 24.2 Å². The summed E-state index contributed by atoms with van der Waals surface area (Å²) in [4.78, 5) is 4.20. The molecule has 1 fully saturated rings. The molecule has 0 amide bonds. The Labute approximate surface area is 132 Å². The highest BCUT2D eigenvalue weighted by molar-refractivity contribution is 6.30. The lowest BCUT2D eigenvalue weighted by atomic mass is 9.72. The fourth-order valence-corrected chi connectivity index (χ4v) is 3.87. The van der Waals surface area contributed by atoms with Gasteiger partial charge in [-0.2, -0.15) is 0 Å². The van der Waals surface area contributed by atoms with E-state index in [2.05, 4.69) is 17.2 Å². The van der Waals surface area contributed by atoms with E-state index in [0.29, 0.717) is 23.4 Å². The van der Waals surface area contributed by atoms with Gasteiger partial charge in [0.25, 0.3) is 0 Å². The number of nitrogens with zero attached hydrogens (tertiary/aromatic N) is 1. The first-order valence-electron chi connectivity index (χ1n) is 7.74. The van der Waals surface area contributed by atoms with Crippen molar-refractivity contribution in [2.24, 2.45) is 5.92 Å². The maximum atomic E-state index is 6.25. The Morgan fingerprint density at radius 2 is 2.38 bits per heavy atom. The number of pyridine rings is 1. The molecule has 21 heavy (non-hydrogen) atoms. The molecule has 1 saturated carbocycles. The lowest BCUT2D eigenvalue weighted by Crippen LogP contribution is -2.48. The van der Waals surface area contributed by atoms with E-state index < -0.39 is 0 Å². The predicted octanol–water partition coefficient (Wildman–Crippen LogP) is 3.56. The van der Waals surface area contributed by atoms with Crippen molar-refractivity contribution >= 4 is 17.4 Å². The van der Waals surface area contributed by atoms with Crippen LogP contribution in [-0.2, 0) is 4.74 Å². The molecule has 4 nitrogen and oxygen atoms in total. The highest BCUT2D eigenvalue weighted by Crippen LogP contribution is 2.44. The molecule has 0 saturated heterocycles. The smallest absolute Gasteiger partial charge is 0.128 e. The average molecular weight is 312 g/mol. The molecule has 2 rings (SSSR count). The van der Waals surface area contributed by atoms with Gasteiger partial charge in [0.05, 0.1) is 16.7 Å². The first-order valence-corrected chi connectivity index (χ1v) is 8.12. The van der Waals surface area contributed by atoms with Crippen LogP contribution in [0, 0.1) is 5.92 Å². The molecular weight excluding hydrogens is 286 g/mol. The maximum Gasteiger partial charge on any atom is 0.128 e. The summed E-state index contributed by atoms with van der Waals surface area (Å²) in [7, 11) is 1.95. The van der Waals surface area contributed by atoms with E-state index in [-0.39, 0.29) is 11.6 Å². The molecule has 0 aromatic carbocycles. The van der Waals surface area contributed by atoms with E-state index in [0.717, 1.165) is 18.4 Å². The van der Waals surface area contributed by atoms with Gasteiger partial charge in [-0.1, -0.05) is 31.4 Å². The van der Waals surface area contributed by atoms with Crippen molar-refractivity contribution in [3.63, 3.8) is 0 Å². The number of aromatic nitrogens is 1. The third kappa shape index (κ3) is 3.50. The highest BCUT2D eigenvalue weighted by atomic mass is 35.5. The number of ether oxygens (including phenoxy) is 1. The van der Waals surface area contributed by atoms with Crippen LogP contribution in [0.3, 0.4) is 0 Å². The minimum atomic E-state index is -0.234. The topological polar surface area (TPSA) is 60.2 Å². The number of anilines is 1. The molecule has 3 N–H and O–H groups in total. The number of likely N-dealkylation sites (N-methyl/N-ethyl adjacent to an activating group) is 1. The summed E-state index contributed by atoms with van der Waals surface area (Å²) in [5.74, 6) is 1.17. The van der Waals surface area contributed by atoms with Crippen LogP contribution in [0.4, 0.5) is 5.82 Å². The Bertz CT molecular complexity index is 479. The minimum Gasteiger partial charge on any atom is -0.383 e. The first kappa shape index (κ1) is 16.5. The number of nitrogens with two attached hydrogens (primary N) is 1. The van der Waals surface area contributed by atoms with Crippen molar-refractivity contribution in [3.05, 3.63) is 22.8 Å². The van der Waals surface area contributed by atoms with Gasteiger partial charge in [0.15, 0.2) is 0 Å². The molecule has 0 spiro atoms. The zero-order valence-corrected chi connectivity index (χ0v) is 13.9. The molecule has 1 aromatic heterocycles. The standard InChI is InChI=1S/C16H26ClN3O/c1-4-21-16(7-5-6-11(2)9-16)14(19-3)13-8-12(17)10-20-15(13)18/h8,10-11,14,19H,4-7,9H2,1-3H3,(H2,18,20). The van der Waals surface area contributed by atoms with Crippen molar-refractivity contribution in [3.8, 4) is 0 Å². The van der Waals surface area contributed by atoms with E-state index in [1.165, 1.54) is 12.8 Å². The Kier molecular flexibility index (Phi) is 5.47. The van der Waals surface area contributed by atoms with Crippen LogP contribution in [0.25, 0.3) is 0 Å². The number of hydrogen-bond donors (Lipinski definition) is 2. The van der Waals surface area contributed by atoms with E-state index in [9.17, 15) is 0 Å². The second-order valence-corrected chi connectivity index (χ2v) is 6.49. The number of halogens is 1. The van der Waals surface area contributed by atoms with Crippen LogP contribution in [0.2, 0.25) is 5.02 Å². The molecule has 0 bridgehead atoms. The van der Waals surface area contributed by atoms with E-state index in [1.54, 1.807) is 6.20 Å². The normalized spacial score (nSPS) is 27.5. The number of nitrogen functional groups attached to an aromatic ring is 1. The first-order chi connectivity index (χ1) is 10.0. The summed E-state index contributed by atoms with van der Waals surface area (Å²) in [6.07, 6.45) is 6.08. The van der Waals surface area contributed by atoms with Crippen molar-refractivity contribution in [2.75, 3.05) is 19.4 Å². The summed E-state index contributed by atoms with van der Waals surface area (Å²) in [5, 5.41) is 4.01. The summed E-state index contributed by atoms with van der Waals surface area (Å²) >= 11 is 6.12. The molecule has 1 aliphatic rings. The van der Waals surface area contributed by atoms with Crippen LogP contribution in [0.15, 0.2) is 12.3 Å². The van der Waals surface area contributed by atoms with Crippen molar-refractivity contribution in [1.29, 1.82) is 0 Å². The average Bonchev–Trinajstić information content (AvgIpc) is 2.43. The SMILES string of the molecule is CCOC1(C(NC)c2cc(Cl)cnc2N)CCCC(C)C1. The molecule has 0 radical (unpaired) electrons. The van der Waals surface area contributed by atoms with Crippen LogP contribution < -0.4 is 11.1 Å². The molecule has 118 valence electrons. The molecule has 3 atom stereocenters. The fraction of sp³-hybridized carbons (Fsp3) is 0.688. The third-order valence-corrected chi connectivity index (χ3v) is 4.67. The fourth-order valence-electron chi connectivity index (χ4n) is 3.71. The van der Waals surface area contributed by atoms with Gasteiger partial charge >= 0.3 is 0 Å². The second kappa shape index (κ2) is 6.95. The quantitative estimate of drug-likeness (QED) is 0.873. The second-order valence-electron chi connectivity index (χ2n) is 6.05. The van der Waals surface area contributed by atoms with Crippen molar-refractivity contribution in [1.82, 2.24) is 10.3 Å². The van der Waals surface area contributed by atoms with Gasteiger partial charge in [-0.05, 0) is 38.8 Å². The minimum absolute atomic E-state index is 0.00593. The summed E-state index contributed by atoms with van der Waals surface area (Å²) in [6.45, 7) is 5.03. The Hall–Kier alpha value is -0.840. The highest BCUT2D eigenvalue weighted by Gasteiger charge is 2.43. The Morgan fingerprint density at radius 3 is 3.00 bits per heavy atom. The van der Waals surface area contributed by atoms with Crippen molar-refractivity contribution < 1.29 is 4.74 Å². The van der Waals surface area contributed by atoms with Crippen LogP contribution >= 0.6 is 11.6 Å². The summed E-state index contributed by atoms with van der Waals surface area (Å²) in [6, 6.07) is 1.91. The van der Waals surface area contributed by atoms with Gasteiger partial charge < -0.3 is 15.8 Å². The lowest BCUT2D eigenvalue weighted by molar-refractivity contribution is -0.100. The monoisotopic (exact) mass is 311 g/mol. The van der Waals surface area contributed by atoms with Crippen LogP contribution in [0.1, 0.15) is 51.1 Å². The van der Waals surface area contributed by atoms with E-state index in [1.807, 2.05) is 20.0 Å². The van der Waals surface area contributed by atoms with Crippen molar-refractivity contribution in [2.45, 2.75) is 51.2 Å². The summed E-state index contributed by atoms with van der Waals surface area (Å²) in [5.41, 5.74) is 6.80. The molecular formula is C16H26ClN3O. The van der Waals surface area contributed by atoms with Gasteiger partial charge in [0, 0.05) is 18.4 Å². The van der Waals surface area contributed by atoms with E-state index >= 15 is 0 Å². The molecule has 1 heterocycles. The Balaban J connectivity index is 2.42. The zero-order chi connectivity index (χ0) is 15.5. The molecule has 1 aromatic rings. The van der Waals surface area contributed by atoms with Gasteiger partial charge in [-0.25, -0.2) is 4.98 Å². The van der Waals surface area contributed by atoms with Gasteiger partial charge in [0.1, 0.15) is 5.82 Å².